The number of aromatic hydroxyl groups is 1. The molecule has 0 bridgehead atoms. The number of rotatable bonds is 8. The molecule has 1 aliphatic heterocycles. The summed E-state index contributed by atoms with van der Waals surface area (Å²) in [6.45, 7) is 8.29. The van der Waals surface area contributed by atoms with Gasteiger partial charge in [0, 0.05) is 19.3 Å². The largest absolute Gasteiger partial charge is 0.505 e. The van der Waals surface area contributed by atoms with Crippen molar-refractivity contribution in [3.8, 4) is 11.5 Å². The minimum atomic E-state index is -0.853. The second-order valence-electron chi connectivity index (χ2n) is 8.43. The summed E-state index contributed by atoms with van der Waals surface area (Å²) in [6, 6.07) is 9.26. The molecule has 35 heavy (non-hydrogen) atoms. The normalized spacial score (nSPS) is 17.6. The molecule has 1 saturated heterocycles. The molecule has 9 heteroatoms. The average Bonchev–Trinajstić information content (AvgIpc) is 3.32. The highest BCUT2D eigenvalue weighted by atomic mass is 16.5. The van der Waals surface area contributed by atoms with Gasteiger partial charge in [-0.05, 0) is 49.8 Å². The fraction of sp³-hybridized carbons (Fsp3) is 0.346. The molecule has 1 unspecified atom stereocenters. The SMILES string of the molecule is CCN(CC)CCN1C(=O)C(=O)C(=C(O)c2c(C)nc3ccccn23)C1c1ccc(O)c(OC)c1. The topological polar surface area (TPSA) is 108 Å². The van der Waals surface area contributed by atoms with Gasteiger partial charge in [-0.1, -0.05) is 26.0 Å². The van der Waals surface area contributed by atoms with Crippen molar-refractivity contribution in [2.75, 3.05) is 33.3 Å². The molecule has 2 aromatic heterocycles. The zero-order valence-electron chi connectivity index (χ0n) is 20.4. The van der Waals surface area contributed by atoms with Crippen LogP contribution in [0.15, 0.2) is 48.2 Å². The van der Waals surface area contributed by atoms with Crippen molar-refractivity contribution in [2.45, 2.75) is 26.8 Å². The number of fused-ring (bicyclic) bond motifs is 1. The van der Waals surface area contributed by atoms with Crippen LogP contribution < -0.4 is 4.74 Å². The molecule has 4 rings (SSSR count). The smallest absolute Gasteiger partial charge is 0.295 e. The van der Waals surface area contributed by atoms with Crippen LogP contribution in [0.1, 0.15) is 36.8 Å². The van der Waals surface area contributed by atoms with Crippen LogP contribution in [0.25, 0.3) is 11.4 Å². The number of aryl methyl sites for hydroxylation is 1. The number of aliphatic hydroxyl groups excluding tert-OH is 1. The number of hydrogen-bond donors (Lipinski definition) is 2. The number of ether oxygens (including phenoxy) is 1. The van der Waals surface area contributed by atoms with Gasteiger partial charge in [-0.2, -0.15) is 0 Å². The van der Waals surface area contributed by atoms with E-state index in [4.69, 9.17) is 4.74 Å². The lowest BCUT2D eigenvalue weighted by atomic mass is 9.96. The van der Waals surface area contributed by atoms with Crippen molar-refractivity contribution in [1.82, 2.24) is 19.2 Å². The molecule has 9 nitrogen and oxygen atoms in total. The Kier molecular flexibility index (Phi) is 6.79. The Bertz CT molecular complexity index is 1310. The van der Waals surface area contributed by atoms with E-state index in [1.54, 1.807) is 41.8 Å². The van der Waals surface area contributed by atoms with E-state index in [9.17, 15) is 19.8 Å². The number of ketones is 1. The third-order valence-corrected chi connectivity index (χ3v) is 6.54. The van der Waals surface area contributed by atoms with Crippen LogP contribution in [0, 0.1) is 6.92 Å². The number of carbonyl (C=O) groups is 2. The number of likely N-dealkylation sites (tertiary alicyclic amines) is 1. The maximum absolute atomic E-state index is 13.4. The van der Waals surface area contributed by atoms with Gasteiger partial charge in [-0.25, -0.2) is 4.98 Å². The van der Waals surface area contributed by atoms with Gasteiger partial charge in [-0.3, -0.25) is 14.0 Å². The molecule has 1 aliphatic rings. The number of Topliss-reactive ketones (excluding diaryl/α,β-unsaturated/α-hetero) is 1. The molecule has 3 aromatic rings. The number of benzene rings is 1. The third kappa shape index (κ3) is 4.23. The Morgan fingerprint density at radius 2 is 1.91 bits per heavy atom. The van der Waals surface area contributed by atoms with Gasteiger partial charge in [-0.15, -0.1) is 0 Å². The molecule has 1 amide bonds. The van der Waals surface area contributed by atoms with E-state index in [2.05, 4.69) is 9.88 Å². The number of aliphatic hydroxyl groups is 1. The van der Waals surface area contributed by atoms with E-state index in [1.807, 2.05) is 19.9 Å². The summed E-state index contributed by atoms with van der Waals surface area (Å²) < 4.78 is 6.97. The van der Waals surface area contributed by atoms with E-state index in [0.717, 1.165) is 13.1 Å². The van der Waals surface area contributed by atoms with Crippen LogP contribution in [-0.2, 0) is 9.59 Å². The Labute approximate surface area is 203 Å². The maximum atomic E-state index is 13.4. The van der Waals surface area contributed by atoms with E-state index in [-0.39, 0.29) is 22.8 Å². The summed E-state index contributed by atoms with van der Waals surface area (Å²) in [5, 5.41) is 21.6. The van der Waals surface area contributed by atoms with Gasteiger partial charge < -0.3 is 24.7 Å². The van der Waals surface area contributed by atoms with Crippen molar-refractivity contribution < 1.29 is 24.5 Å². The number of phenolic OH excluding ortho intramolecular Hbond substituents is 1. The highest BCUT2D eigenvalue weighted by Gasteiger charge is 2.46. The van der Waals surface area contributed by atoms with Gasteiger partial charge in [0.15, 0.2) is 17.3 Å². The van der Waals surface area contributed by atoms with Crippen molar-refractivity contribution in [2.24, 2.45) is 0 Å². The van der Waals surface area contributed by atoms with E-state index >= 15 is 0 Å². The van der Waals surface area contributed by atoms with Crippen LogP contribution in [0.2, 0.25) is 0 Å². The highest BCUT2D eigenvalue weighted by molar-refractivity contribution is 6.46. The molecule has 0 aliphatic carbocycles. The molecule has 1 fully saturated rings. The number of phenols is 1. The molecule has 1 atom stereocenters. The zero-order chi connectivity index (χ0) is 25.3. The second kappa shape index (κ2) is 9.79. The van der Waals surface area contributed by atoms with E-state index < -0.39 is 17.7 Å². The number of methoxy groups -OCH3 is 1. The minimum Gasteiger partial charge on any atom is -0.505 e. The lowest BCUT2D eigenvalue weighted by molar-refractivity contribution is -0.140. The van der Waals surface area contributed by atoms with Crippen molar-refractivity contribution in [3.05, 3.63) is 65.1 Å². The molecule has 184 valence electrons. The van der Waals surface area contributed by atoms with Crippen molar-refractivity contribution in [3.63, 3.8) is 0 Å². The minimum absolute atomic E-state index is 0.0176. The molecular weight excluding hydrogens is 448 g/mol. The standard InChI is InChI=1S/C26H30N4O5/c1-5-28(6-2)13-14-30-23(17-10-11-18(31)19(15-17)35-4)21(25(33)26(30)34)24(32)22-16(3)27-20-9-7-8-12-29(20)22/h7-12,15,23,31-32H,5-6,13-14H2,1-4H3. The predicted octanol–water partition coefficient (Wildman–Crippen LogP) is 3.12. The van der Waals surface area contributed by atoms with Crippen LogP contribution in [-0.4, -0.2) is 74.4 Å². The molecule has 0 spiro atoms. The number of hydrogen-bond acceptors (Lipinski definition) is 7. The number of pyridine rings is 1. The average molecular weight is 479 g/mol. The molecular formula is C26H30N4O5. The number of amides is 1. The zero-order valence-corrected chi connectivity index (χ0v) is 20.4. The Morgan fingerprint density at radius 1 is 1.17 bits per heavy atom. The van der Waals surface area contributed by atoms with E-state index in [1.165, 1.54) is 18.1 Å². The monoisotopic (exact) mass is 478 g/mol. The van der Waals surface area contributed by atoms with Crippen LogP contribution in [0.5, 0.6) is 11.5 Å². The van der Waals surface area contributed by atoms with Crippen LogP contribution >= 0.6 is 0 Å². The molecule has 1 aromatic carbocycles. The predicted molar refractivity (Wildman–Crippen MR) is 131 cm³/mol. The van der Waals surface area contributed by atoms with Gasteiger partial charge in [0.1, 0.15) is 11.3 Å². The first-order valence-electron chi connectivity index (χ1n) is 11.6. The number of nitrogens with zero attached hydrogens (tertiary/aromatic N) is 4. The third-order valence-electron chi connectivity index (χ3n) is 6.54. The molecule has 0 saturated carbocycles. The number of likely N-dealkylation sites (N-methyl/N-ethyl adjacent to an activating group) is 1. The van der Waals surface area contributed by atoms with Gasteiger partial charge in [0.05, 0.1) is 24.4 Å². The van der Waals surface area contributed by atoms with Crippen molar-refractivity contribution >= 4 is 23.1 Å². The van der Waals surface area contributed by atoms with Gasteiger partial charge >= 0.3 is 0 Å². The fourth-order valence-corrected chi connectivity index (χ4v) is 4.64. The van der Waals surface area contributed by atoms with Gasteiger partial charge in [0.2, 0.25) is 0 Å². The fourth-order valence-electron chi connectivity index (χ4n) is 4.64. The van der Waals surface area contributed by atoms with Crippen molar-refractivity contribution in [1.29, 1.82) is 0 Å². The maximum Gasteiger partial charge on any atom is 0.295 e. The summed E-state index contributed by atoms with van der Waals surface area (Å²) in [5.74, 6) is -1.58. The number of carbonyl (C=O) groups excluding carboxylic acids is 2. The van der Waals surface area contributed by atoms with Crippen LogP contribution in [0.3, 0.4) is 0 Å². The summed E-state index contributed by atoms with van der Waals surface area (Å²) in [6.07, 6.45) is 1.75. The lowest BCUT2D eigenvalue weighted by Crippen LogP contribution is -2.38. The Balaban J connectivity index is 1.91. The Hall–Kier alpha value is -3.85. The first-order valence-corrected chi connectivity index (χ1v) is 11.6. The molecule has 2 N–H and O–H groups in total. The van der Waals surface area contributed by atoms with E-state index in [0.29, 0.717) is 35.7 Å². The number of imidazole rings is 1. The highest BCUT2D eigenvalue weighted by Crippen LogP contribution is 2.42. The lowest BCUT2D eigenvalue weighted by Gasteiger charge is -2.28. The number of aromatic nitrogens is 2. The first kappa shape index (κ1) is 24.3. The second-order valence-corrected chi connectivity index (χ2v) is 8.43. The summed E-state index contributed by atoms with van der Waals surface area (Å²) >= 11 is 0. The van der Waals surface area contributed by atoms with Crippen LogP contribution in [0.4, 0.5) is 0 Å². The summed E-state index contributed by atoms with van der Waals surface area (Å²) in [7, 11) is 1.43. The Morgan fingerprint density at radius 3 is 2.60 bits per heavy atom. The summed E-state index contributed by atoms with van der Waals surface area (Å²) in [5.41, 5.74) is 2.04. The summed E-state index contributed by atoms with van der Waals surface area (Å²) in [4.78, 5) is 34.7. The quantitative estimate of drug-likeness (QED) is 0.291. The molecule has 3 heterocycles. The molecule has 0 radical (unpaired) electrons. The van der Waals surface area contributed by atoms with Gasteiger partial charge in [0.25, 0.3) is 11.7 Å². The first-order chi connectivity index (χ1) is 16.8.